The molecule has 1 aromatic rings. The van der Waals surface area contributed by atoms with E-state index in [1.165, 1.54) is 0 Å². The largest absolute Gasteiger partial charge is 0.387 e. The average Bonchev–Trinajstić information content (AvgIpc) is 2.71. The Morgan fingerprint density at radius 2 is 1.96 bits per heavy atom. The summed E-state index contributed by atoms with van der Waals surface area (Å²) in [5.74, 6) is 0.348. The molecule has 5 atom stereocenters. The molecular formula is C18H24O5. The summed E-state index contributed by atoms with van der Waals surface area (Å²) >= 11 is 0. The van der Waals surface area contributed by atoms with Crippen molar-refractivity contribution < 1.29 is 24.1 Å². The molecule has 1 aromatic carbocycles. The van der Waals surface area contributed by atoms with Crippen LogP contribution in [-0.4, -0.2) is 48.0 Å². The fourth-order valence-electron chi connectivity index (χ4n) is 3.11. The van der Waals surface area contributed by atoms with Crippen LogP contribution in [0.25, 0.3) is 0 Å². The molecule has 5 heteroatoms. The minimum Gasteiger partial charge on any atom is -0.387 e. The van der Waals surface area contributed by atoms with Crippen molar-refractivity contribution in [1.29, 1.82) is 0 Å². The van der Waals surface area contributed by atoms with Gasteiger partial charge in [-0.3, -0.25) is 4.79 Å². The number of fused-ring (bicyclic) bond motifs is 1. The van der Waals surface area contributed by atoms with Crippen molar-refractivity contribution in [3.8, 4) is 0 Å². The molecule has 2 saturated heterocycles. The first-order valence-corrected chi connectivity index (χ1v) is 8.19. The first-order chi connectivity index (χ1) is 11.1. The van der Waals surface area contributed by atoms with Gasteiger partial charge in [-0.2, -0.15) is 0 Å². The Morgan fingerprint density at radius 1 is 1.22 bits per heavy atom. The van der Waals surface area contributed by atoms with Crippen LogP contribution >= 0.6 is 0 Å². The number of ketones is 1. The lowest BCUT2D eigenvalue weighted by Crippen LogP contribution is -2.58. The number of rotatable bonds is 7. The van der Waals surface area contributed by atoms with Crippen LogP contribution in [0.4, 0.5) is 0 Å². The first kappa shape index (κ1) is 16.6. The van der Waals surface area contributed by atoms with Crippen LogP contribution < -0.4 is 0 Å². The second kappa shape index (κ2) is 7.09. The molecule has 0 aliphatic carbocycles. The van der Waals surface area contributed by atoms with Crippen LogP contribution in [0.1, 0.15) is 25.8 Å². The van der Waals surface area contributed by atoms with E-state index in [1.54, 1.807) is 0 Å². The number of hydrogen-bond donors (Lipinski definition) is 1. The van der Waals surface area contributed by atoms with Gasteiger partial charge in [-0.15, -0.1) is 0 Å². The van der Waals surface area contributed by atoms with E-state index in [1.807, 2.05) is 44.2 Å². The molecule has 2 fully saturated rings. The lowest BCUT2D eigenvalue weighted by molar-refractivity contribution is -0.212. The third kappa shape index (κ3) is 3.63. The second-order valence-corrected chi connectivity index (χ2v) is 6.72. The standard InChI is InChI=1S/C18H24O5/c1-11(2)8-13(19)16-18-17(23-16)15(20)14(22-18)10-21-9-12-6-4-3-5-7-12/h3-7,11,14-18,20H,8-10H2,1-2H3/t14-,15+,16-,17-,18-/m1/s1. The maximum Gasteiger partial charge on any atom is 0.164 e. The Balaban J connectivity index is 1.47. The minimum absolute atomic E-state index is 0.0549. The molecule has 1 N–H and O–H groups in total. The smallest absolute Gasteiger partial charge is 0.164 e. The molecule has 2 aliphatic rings. The summed E-state index contributed by atoms with van der Waals surface area (Å²) in [7, 11) is 0. The fraction of sp³-hybridized carbons (Fsp3) is 0.611. The molecule has 0 saturated carbocycles. The van der Waals surface area contributed by atoms with E-state index in [4.69, 9.17) is 14.2 Å². The highest BCUT2D eigenvalue weighted by atomic mass is 16.6. The molecule has 0 bridgehead atoms. The van der Waals surface area contributed by atoms with Gasteiger partial charge in [0.2, 0.25) is 0 Å². The van der Waals surface area contributed by atoms with Crippen molar-refractivity contribution in [2.75, 3.05) is 6.61 Å². The maximum atomic E-state index is 12.1. The van der Waals surface area contributed by atoms with E-state index < -0.39 is 24.4 Å². The number of aliphatic hydroxyl groups excluding tert-OH is 1. The lowest BCUT2D eigenvalue weighted by atomic mass is 9.91. The molecule has 3 rings (SSSR count). The summed E-state index contributed by atoms with van der Waals surface area (Å²) in [6.07, 6.45) is -1.97. The van der Waals surface area contributed by atoms with Gasteiger partial charge in [0.15, 0.2) is 5.78 Å². The quantitative estimate of drug-likeness (QED) is 0.828. The molecular weight excluding hydrogens is 296 g/mol. The fourth-order valence-corrected chi connectivity index (χ4v) is 3.11. The van der Waals surface area contributed by atoms with Gasteiger partial charge >= 0.3 is 0 Å². The predicted molar refractivity (Wildman–Crippen MR) is 83.9 cm³/mol. The minimum atomic E-state index is -0.737. The third-order valence-corrected chi connectivity index (χ3v) is 4.30. The Morgan fingerprint density at radius 3 is 2.65 bits per heavy atom. The Bertz CT molecular complexity index is 529. The van der Waals surface area contributed by atoms with Gasteiger partial charge in [0, 0.05) is 6.42 Å². The van der Waals surface area contributed by atoms with E-state index in [0.29, 0.717) is 18.9 Å². The molecule has 126 valence electrons. The van der Waals surface area contributed by atoms with Crippen LogP contribution in [0.3, 0.4) is 0 Å². The molecule has 2 aliphatic heterocycles. The Kier molecular flexibility index (Phi) is 5.11. The molecule has 0 amide bonds. The number of carbonyl (C=O) groups excluding carboxylic acids is 1. The Hall–Kier alpha value is -1.27. The Labute approximate surface area is 136 Å². The van der Waals surface area contributed by atoms with Crippen molar-refractivity contribution in [2.24, 2.45) is 5.92 Å². The van der Waals surface area contributed by atoms with Gasteiger partial charge in [0.25, 0.3) is 0 Å². The summed E-state index contributed by atoms with van der Waals surface area (Å²) in [5, 5.41) is 10.2. The summed E-state index contributed by atoms with van der Waals surface area (Å²) in [5.41, 5.74) is 1.07. The van der Waals surface area contributed by atoms with Gasteiger partial charge in [-0.25, -0.2) is 0 Å². The monoisotopic (exact) mass is 320 g/mol. The first-order valence-electron chi connectivity index (χ1n) is 8.19. The van der Waals surface area contributed by atoms with Gasteiger partial charge in [-0.05, 0) is 11.5 Å². The van der Waals surface area contributed by atoms with Crippen molar-refractivity contribution in [2.45, 2.75) is 57.4 Å². The molecule has 0 radical (unpaired) electrons. The highest BCUT2D eigenvalue weighted by Crippen LogP contribution is 2.37. The topological polar surface area (TPSA) is 65.0 Å². The SMILES string of the molecule is CC(C)CC(=O)[C@H]1O[C@@H]2[C@@H](O)[C@@H](COCc3ccccc3)O[C@@H]21. The van der Waals surface area contributed by atoms with Gasteiger partial charge in [0.1, 0.15) is 30.5 Å². The van der Waals surface area contributed by atoms with Gasteiger partial charge in [-0.1, -0.05) is 44.2 Å². The van der Waals surface area contributed by atoms with E-state index in [9.17, 15) is 9.90 Å². The molecule has 0 aromatic heterocycles. The van der Waals surface area contributed by atoms with Crippen LogP contribution in [0.2, 0.25) is 0 Å². The van der Waals surface area contributed by atoms with Crippen molar-refractivity contribution in [3.05, 3.63) is 35.9 Å². The molecule has 2 heterocycles. The third-order valence-electron chi connectivity index (χ3n) is 4.30. The van der Waals surface area contributed by atoms with E-state index >= 15 is 0 Å². The maximum absolute atomic E-state index is 12.1. The van der Waals surface area contributed by atoms with Crippen LogP contribution in [-0.2, 0) is 25.6 Å². The number of ether oxygens (including phenoxy) is 3. The highest BCUT2D eigenvalue weighted by molar-refractivity contribution is 5.85. The zero-order valence-electron chi connectivity index (χ0n) is 13.6. The number of aliphatic hydroxyl groups is 1. The van der Waals surface area contributed by atoms with Gasteiger partial charge < -0.3 is 19.3 Å². The predicted octanol–water partition coefficient (Wildman–Crippen LogP) is 1.71. The zero-order chi connectivity index (χ0) is 16.4. The normalized spacial score (nSPS) is 32.6. The summed E-state index contributed by atoms with van der Waals surface area (Å²) in [6, 6.07) is 9.84. The van der Waals surface area contributed by atoms with Crippen molar-refractivity contribution in [3.63, 3.8) is 0 Å². The zero-order valence-corrected chi connectivity index (χ0v) is 13.6. The highest BCUT2D eigenvalue weighted by Gasteiger charge is 2.58. The molecule has 23 heavy (non-hydrogen) atoms. The van der Waals surface area contributed by atoms with Crippen LogP contribution in [0.15, 0.2) is 30.3 Å². The number of carbonyl (C=O) groups is 1. The van der Waals surface area contributed by atoms with E-state index in [-0.39, 0.29) is 18.5 Å². The summed E-state index contributed by atoms with van der Waals surface area (Å²) in [4.78, 5) is 12.1. The van der Waals surface area contributed by atoms with Crippen LogP contribution in [0.5, 0.6) is 0 Å². The average molecular weight is 320 g/mol. The number of hydrogen-bond acceptors (Lipinski definition) is 5. The van der Waals surface area contributed by atoms with E-state index in [0.717, 1.165) is 5.56 Å². The molecule has 0 unspecified atom stereocenters. The lowest BCUT2D eigenvalue weighted by Gasteiger charge is -2.39. The van der Waals surface area contributed by atoms with Crippen molar-refractivity contribution in [1.82, 2.24) is 0 Å². The molecule has 0 spiro atoms. The number of benzene rings is 1. The summed E-state index contributed by atoms with van der Waals surface area (Å²) in [6.45, 7) is 4.76. The molecule has 5 nitrogen and oxygen atoms in total. The summed E-state index contributed by atoms with van der Waals surface area (Å²) < 4.78 is 17.0. The second-order valence-electron chi connectivity index (χ2n) is 6.72. The van der Waals surface area contributed by atoms with Crippen molar-refractivity contribution >= 4 is 5.78 Å². The number of Topliss-reactive ketones (excluding diaryl/α,β-unsaturated/α-hetero) is 1. The van der Waals surface area contributed by atoms with Gasteiger partial charge in [0.05, 0.1) is 13.2 Å². The van der Waals surface area contributed by atoms with Crippen LogP contribution in [0, 0.1) is 5.92 Å². The van der Waals surface area contributed by atoms with E-state index in [2.05, 4.69) is 0 Å².